The molecule has 0 heterocycles. The monoisotopic (exact) mass is 458 g/mol. The van der Waals surface area contributed by atoms with Crippen molar-refractivity contribution >= 4 is 21.9 Å². The molecular weight excluding hydrogens is 424 g/mol. The molecule has 1 N–H and O–H groups in total. The van der Waals surface area contributed by atoms with E-state index in [-0.39, 0.29) is 37.3 Å². The molecule has 0 amide bonds. The fourth-order valence-corrected chi connectivity index (χ4v) is 3.08. The Labute approximate surface area is 178 Å². The van der Waals surface area contributed by atoms with E-state index in [0.29, 0.717) is 12.2 Å². The smallest absolute Gasteiger partial charge is 0.333 e. The van der Waals surface area contributed by atoms with E-state index in [1.807, 2.05) is 31.2 Å². The van der Waals surface area contributed by atoms with E-state index in [1.54, 1.807) is 27.0 Å². The minimum Gasteiger partial charge on any atom is -0.463 e. The van der Waals surface area contributed by atoms with Gasteiger partial charge >= 0.3 is 5.97 Å². The molecule has 0 saturated heterocycles. The Morgan fingerprint density at radius 3 is 2.43 bits per heavy atom. The maximum absolute atomic E-state index is 11.8. The van der Waals surface area contributed by atoms with Crippen molar-refractivity contribution in [3.8, 4) is 0 Å². The van der Waals surface area contributed by atoms with Crippen LogP contribution < -0.4 is 0 Å². The highest BCUT2D eigenvalue weighted by Gasteiger charge is 2.19. The summed E-state index contributed by atoms with van der Waals surface area (Å²) < 4.78 is 16.8. The molecule has 3 atom stereocenters. The van der Waals surface area contributed by atoms with E-state index in [9.17, 15) is 4.79 Å². The molecule has 0 bridgehead atoms. The normalized spacial score (nSPS) is 16.9. The lowest BCUT2D eigenvalue weighted by atomic mass is 9.91. The van der Waals surface area contributed by atoms with Crippen molar-refractivity contribution < 1.29 is 24.1 Å². The van der Waals surface area contributed by atoms with Crippen LogP contribution in [0.1, 0.15) is 41.0 Å². The van der Waals surface area contributed by atoms with Crippen molar-refractivity contribution in [1.82, 2.24) is 0 Å². The highest BCUT2D eigenvalue weighted by Crippen LogP contribution is 2.23. The zero-order valence-electron chi connectivity index (χ0n) is 17.9. The van der Waals surface area contributed by atoms with Gasteiger partial charge in [0.15, 0.2) is 0 Å². The third kappa shape index (κ3) is 12.3. The molecule has 0 aromatic rings. The fourth-order valence-electron chi connectivity index (χ4n) is 2.69. The van der Waals surface area contributed by atoms with Gasteiger partial charge < -0.3 is 19.3 Å². The summed E-state index contributed by atoms with van der Waals surface area (Å²) >= 11 is 3.55. The van der Waals surface area contributed by atoms with Crippen molar-refractivity contribution in [2.24, 2.45) is 11.8 Å². The number of halogens is 1. The standard InChI is InChI=1S/C22H35BrO5/c1-7-27-22(25)19(5)13-17(3)12-18(4)21(28-15-26-6)14-20(23)9-8-16(2)10-11-24/h8-10,13-14,17-18,21,24H,7,11-12,15H2,1-6H3/b9-8+,16-10+,19-13+,20-14-/t17-,18-,21+/m0/s1. The predicted molar refractivity (Wildman–Crippen MR) is 117 cm³/mol. The molecule has 0 fully saturated rings. The molecule has 0 aliphatic rings. The second kappa shape index (κ2) is 15.7. The van der Waals surface area contributed by atoms with Gasteiger partial charge in [-0.15, -0.1) is 0 Å². The number of hydrogen-bond acceptors (Lipinski definition) is 5. The van der Waals surface area contributed by atoms with E-state index in [0.717, 1.165) is 16.5 Å². The first-order valence-electron chi connectivity index (χ1n) is 9.54. The van der Waals surface area contributed by atoms with Gasteiger partial charge in [0.05, 0.1) is 19.3 Å². The summed E-state index contributed by atoms with van der Waals surface area (Å²) in [4.78, 5) is 11.8. The largest absolute Gasteiger partial charge is 0.463 e. The van der Waals surface area contributed by atoms with Crippen LogP contribution in [0.25, 0.3) is 0 Å². The van der Waals surface area contributed by atoms with Crippen LogP contribution in [-0.2, 0) is 19.0 Å². The van der Waals surface area contributed by atoms with E-state index in [4.69, 9.17) is 19.3 Å². The van der Waals surface area contributed by atoms with Crippen LogP contribution in [0, 0.1) is 11.8 Å². The number of ether oxygens (including phenoxy) is 3. The molecule has 0 aromatic heterocycles. The third-order valence-electron chi connectivity index (χ3n) is 4.06. The Bertz CT molecular complexity index is 577. The molecular formula is C22H35BrO5. The van der Waals surface area contributed by atoms with Gasteiger partial charge in [0.25, 0.3) is 0 Å². The summed E-state index contributed by atoms with van der Waals surface area (Å²) in [5.41, 5.74) is 1.60. The van der Waals surface area contributed by atoms with Gasteiger partial charge in [0.2, 0.25) is 0 Å². The van der Waals surface area contributed by atoms with Gasteiger partial charge in [0.1, 0.15) is 6.79 Å². The van der Waals surface area contributed by atoms with Gasteiger partial charge in [-0.3, -0.25) is 0 Å². The molecule has 160 valence electrons. The topological polar surface area (TPSA) is 65.0 Å². The number of esters is 1. The molecule has 0 unspecified atom stereocenters. The van der Waals surface area contributed by atoms with Crippen LogP contribution in [-0.4, -0.2) is 44.3 Å². The Hall–Kier alpha value is -1.21. The SMILES string of the molecule is CCOC(=O)/C(C)=C/[C@@H](C)C[C@H](C)[C@@H](/C=C(Br)/C=C/C(C)=C/CO)OCOC. The van der Waals surface area contributed by atoms with Gasteiger partial charge in [-0.05, 0) is 51.2 Å². The summed E-state index contributed by atoms with van der Waals surface area (Å²) in [5, 5.41) is 8.92. The molecule has 0 spiro atoms. The molecule has 5 nitrogen and oxygen atoms in total. The highest BCUT2D eigenvalue weighted by molar-refractivity contribution is 9.11. The average molecular weight is 459 g/mol. The second-order valence-corrected chi connectivity index (χ2v) is 7.73. The molecule has 0 saturated carbocycles. The number of methoxy groups -OCH3 is 1. The lowest BCUT2D eigenvalue weighted by Gasteiger charge is -2.23. The summed E-state index contributed by atoms with van der Waals surface area (Å²) in [5.74, 6) is 0.130. The summed E-state index contributed by atoms with van der Waals surface area (Å²) in [6, 6.07) is 0. The molecule has 0 aliphatic heterocycles. The van der Waals surface area contributed by atoms with Crippen LogP contribution in [0.5, 0.6) is 0 Å². The first kappa shape index (κ1) is 26.8. The molecule has 0 aliphatic carbocycles. The molecule has 0 aromatic carbocycles. The molecule has 6 heteroatoms. The quantitative estimate of drug-likeness (QED) is 0.183. The summed E-state index contributed by atoms with van der Waals surface area (Å²) in [6.07, 6.45) is 10.2. The number of carbonyl (C=O) groups is 1. The second-order valence-electron chi connectivity index (χ2n) is 6.81. The van der Waals surface area contributed by atoms with Crippen LogP contribution in [0.4, 0.5) is 0 Å². The van der Waals surface area contributed by atoms with Crippen LogP contribution in [0.3, 0.4) is 0 Å². The first-order valence-corrected chi connectivity index (χ1v) is 10.3. The van der Waals surface area contributed by atoms with Gasteiger partial charge in [0, 0.05) is 17.2 Å². The number of hydrogen-bond donors (Lipinski definition) is 1. The van der Waals surface area contributed by atoms with Crippen LogP contribution >= 0.6 is 15.9 Å². The maximum atomic E-state index is 11.8. The van der Waals surface area contributed by atoms with E-state index >= 15 is 0 Å². The Balaban J connectivity index is 5.12. The first-order chi connectivity index (χ1) is 13.2. The number of rotatable bonds is 13. The number of allylic oxidation sites excluding steroid dienone is 5. The lowest BCUT2D eigenvalue weighted by Crippen LogP contribution is -2.23. The van der Waals surface area contributed by atoms with E-state index in [1.165, 1.54) is 0 Å². The summed E-state index contributed by atoms with van der Waals surface area (Å²) in [6.45, 7) is 10.3. The Kier molecular flexibility index (Phi) is 15.0. The zero-order chi connectivity index (χ0) is 21.5. The summed E-state index contributed by atoms with van der Waals surface area (Å²) in [7, 11) is 1.59. The minimum atomic E-state index is -0.270. The van der Waals surface area contributed by atoms with Gasteiger partial charge in [-0.25, -0.2) is 4.79 Å². The van der Waals surface area contributed by atoms with Crippen molar-refractivity contribution in [3.05, 3.63) is 46.0 Å². The third-order valence-corrected chi connectivity index (χ3v) is 4.59. The molecule has 0 radical (unpaired) electrons. The van der Waals surface area contributed by atoms with Crippen LogP contribution in [0.2, 0.25) is 0 Å². The van der Waals surface area contributed by atoms with Crippen molar-refractivity contribution in [3.63, 3.8) is 0 Å². The molecule has 0 rings (SSSR count). The Morgan fingerprint density at radius 2 is 1.86 bits per heavy atom. The van der Waals surface area contributed by atoms with E-state index in [2.05, 4.69) is 29.8 Å². The Morgan fingerprint density at radius 1 is 1.18 bits per heavy atom. The van der Waals surface area contributed by atoms with Gasteiger partial charge in [-0.1, -0.05) is 53.6 Å². The van der Waals surface area contributed by atoms with Crippen molar-refractivity contribution in [1.29, 1.82) is 0 Å². The maximum Gasteiger partial charge on any atom is 0.333 e. The lowest BCUT2D eigenvalue weighted by molar-refractivity contribution is -0.138. The number of carbonyl (C=O) groups excluding carboxylic acids is 1. The number of aliphatic hydroxyl groups excluding tert-OH is 1. The van der Waals surface area contributed by atoms with Crippen LogP contribution in [0.15, 0.2) is 46.0 Å². The highest BCUT2D eigenvalue weighted by atomic mass is 79.9. The van der Waals surface area contributed by atoms with E-state index < -0.39 is 0 Å². The predicted octanol–water partition coefficient (Wildman–Crippen LogP) is 4.92. The zero-order valence-corrected chi connectivity index (χ0v) is 19.5. The molecule has 28 heavy (non-hydrogen) atoms. The minimum absolute atomic E-state index is 0.0186. The number of aliphatic hydroxyl groups is 1. The van der Waals surface area contributed by atoms with Crippen molar-refractivity contribution in [2.75, 3.05) is 27.1 Å². The fraction of sp³-hybridized carbons (Fsp3) is 0.591. The van der Waals surface area contributed by atoms with Crippen molar-refractivity contribution in [2.45, 2.75) is 47.1 Å². The van der Waals surface area contributed by atoms with Gasteiger partial charge in [-0.2, -0.15) is 0 Å². The average Bonchev–Trinajstić information content (AvgIpc) is 2.63.